The van der Waals surface area contributed by atoms with Gasteiger partial charge in [0.2, 0.25) is 11.8 Å². The lowest BCUT2D eigenvalue weighted by Gasteiger charge is -2.24. The molecule has 0 N–H and O–H groups in total. The van der Waals surface area contributed by atoms with Crippen LogP contribution in [0.2, 0.25) is 0 Å². The lowest BCUT2D eigenvalue weighted by Crippen LogP contribution is -2.36. The molecule has 5 nitrogen and oxygen atoms in total. The van der Waals surface area contributed by atoms with E-state index in [0.717, 1.165) is 43.6 Å². The Balaban J connectivity index is 1.52. The van der Waals surface area contributed by atoms with Crippen LogP contribution in [0.5, 0.6) is 0 Å². The zero-order valence-electron chi connectivity index (χ0n) is 14.4. The van der Waals surface area contributed by atoms with Gasteiger partial charge in [-0.15, -0.1) is 0 Å². The monoisotopic (exact) mass is 343 g/mol. The predicted molar refractivity (Wildman–Crippen MR) is 89.4 cm³/mol. The molecular formula is C19H22FN3O2. The quantitative estimate of drug-likeness (QED) is 0.856. The van der Waals surface area contributed by atoms with E-state index in [9.17, 15) is 9.18 Å². The first-order chi connectivity index (χ1) is 12.1. The number of amides is 1. The highest BCUT2D eigenvalue weighted by molar-refractivity contribution is 5.79. The third-order valence-electron chi connectivity index (χ3n) is 5.71. The number of carbonyl (C=O) groups is 1. The van der Waals surface area contributed by atoms with Gasteiger partial charge >= 0.3 is 0 Å². The lowest BCUT2D eigenvalue weighted by molar-refractivity contribution is -0.129. The van der Waals surface area contributed by atoms with Crippen molar-refractivity contribution in [3.05, 3.63) is 47.4 Å². The van der Waals surface area contributed by atoms with E-state index >= 15 is 0 Å². The minimum absolute atomic E-state index is 0.0830. The Morgan fingerprint density at radius 3 is 2.92 bits per heavy atom. The summed E-state index contributed by atoms with van der Waals surface area (Å²) in [6.45, 7) is 3.39. The maximum Gasteiger partial charge on any atom is 0.227 e. The van der Waals surface area contributed by atoms with E-state index in [2.05, 4.69) is 10.1 Å². The number of hydrogen-bond acceptors (Lipinski definition) is 4. The van der Waals surface area contributed by atoms with Crippen molar-refractivity contribution in [1.82, 2.24) is 15.0 Å². The maximum absolute atomic E-state index is 13.0. The number of aromatic nitrogens is 2. The van der Waals surface area contributed by atoms with Crippen LogP contribution in [0.1, 0.15) is 43.5 Å². The Bertz CT molecular complexity index is 773. The second-order valence-corrected chi connectivity index (χ2v) is 7.19. The summed E-state index contributed by atoms with van der Waals surface area (Å²) >= 11 is 0. The second kappa shape index (κ2) is 6.24. The van der Waals surface area contributed by atoms with Crippen molar-refractivity contribution < 1.29 is 13.7 Å². The van der Waals surface area contributed by atoms with Crippen LogP contribution in [0.15, 0.2) is 28.8 Å². The van der Waals surface area contributed by atoms with Crippen LogP contribution < -0.4 is 0 Å². The largest absolute Gasteiger partial charge is 0.341 e. The Hall–Kier alpha value is -2.24. The Morgan fingerprint density at radius 1 is 1.40 bits per heavy atom. The molecule has 1 aliphatic carbocycles. The van der Waals surface area contributed by atoms with Gasteiger partial charge in [-0.25, -0.2) is 4.39 Å². The van der Waals surface area contributed by atoms with E-state index in [0.29, 0.717) is 24.8 Å². The predicted octanol–water partition coefficient (Wildman–Crippen LogP) is 2.89. The van der Waals surface area contributed by atoms with Crippen LogP contribution in [-0.2, 0) is 23.1 Å². The molecule has 1 aromatic heterocycles. The highest BCUT2D eigenvalue weighted by Gasteiger charge is 2.54. The molecule has 2 aromatic rings. The zero-order valence-corrected chi connectivity index (χ0v) is 14.4. The first-order valence-electron chi connectivity index (χ1n) is 8.96. The van der Waals surface area contributed by atoms with Gasteiger partial charge in [0.25, 0.3) is 0 Å². The molecule has 2 heterocycles. The van der Waals surface area contributed by atoms with Crippen LogP contribution in [0.25, 0.3) is 0 Å². The number of halogens is 1. The molecule has 2 atom stereocenters. The van der Waals surface area contributed by atoms with Gasteiger partial charge in [-0.1, -0.05) is 30.6 Å². The maximum atomic E-state index is 13.0. The van der Waals surface area contributed by atoms with E-state index in [1.807, 2.05) is 11.8 Å². The molecule has 1 saturated heterocycles. The number of aryl methyl sites for hydroxylation is 1. The first kappa shape index (κ1) is 16.2. The summed E-state index contributed by atoms with van der Waals surface area (Å²) in [6, 6.07) is 6.14. The van der Waals surface area contributed by atoms with Crippen molar-refractivity contribution in [2.75, 3.05) is 13.1 Å². The topological polar surface area (TPSA) is 59.2 Å². The molecule has 25 heavy (non-hydrogen) atoms. The third-order valence-corrected chi connectivity index (χ3v) is 5.71. The second-order valence-electron chi connectivity index (χ2n) is 7.19. The number of rotatable bonds is 4. The SMILES string of the molecule is CCc1nc(C23CCCC2CN(C(=O)Cc2ccc(F)cc2)C3)no1. The number of fused-ring (bicyclic) bond motifs is 1. The molecule has 0 bridgehead atoms. The van der Waals surface area contributed by atoms with Gasteiger partial charge in [0.1, 0.15) is 5.82 Å². The summed E-state index contributed by atoms with van der Waals surface area (Å²) in [5.74, 6) is 1.62. The smallest absolute Gasteiger partial charge is 0.227 e. The molecule has 0 radical (unpaired) electrons. The lowest BCUT2D eigenvalue weighted by atomic mass is 9.80. The van der Waals surface area contributed by atoms with Crippen molar-refractivity contribution in [2.45, 2.75) is 44.4 Å². The molecule has 132 valence electrons. The first-order valence-corrected chi connectivity index (χ1v) is 8.96. The van der Waals surface area contributed by atoms with Crippen LogP contribution >= 0.6 is 0 Å². The normalized spacial score (nSPS) is 25.4. The average molecular weight is 343 g/mol. The van der Waals surface area contributed by atoms with E-state index in [4.69, 9.17) is 4.52 Å². The Kier molecular flexibility index (Phi) is 4.06. The highest BCUT2D eigenvalue weighted by Crippen LogP contribution is 2.49. The molecule has 2 fully saturated rings. The standard InChI is InChI=1S/C19H22FN3O2/c1-2-16-21-18(22-25-16)19-9-3-4-14(19)11-23(12-19)17(24)10-13-5-7-15(20)8-6-13/h5-8,14H,2-4,9-12H2,1H3. The van der Waals surface area contributed by atoms with E-state index in [-0.39, 0.29) is 17.1 Å². The Labute approximate surface area is 146 Å². The van der Waals surface area contributed by atoms with Crippen LogP contribution in [0.3, 0.4) is 0 Å². The fourth-order valence-electron chi connectivity index (χ4n) is 4.33. The van der Waals surface area contributed by atoms with E-state index < -0.39 is 0 Å². The van der Waals surface area contributed by atoms with E-state index in [1.54, 1.807) is 12.1 Å². The zero-order chi connectivity index (χ0) is 17.4. The number of likely N-dealkylation sites (tertiary alicyclic amines) is 1. The van der Waals surface area contributed by atoms with E-state index in [1.165, 1.54) is 12.1 Å². The molecule has 1 amide bonds. The number of carbonyl (C=O) groups excluding carboxylic acids is 1. The summed E-state index contributed by atoms with van der Waals surface area (Å²) in [5, 5.41) is 4.22. The fourth-order valence-corrected chi connectivity index (χ4v) is 4.33. The highest BCUT2D eigenvalue weighted by atomic mass is 19.1. The number of hydrogen-bond donors (Lipinski definition) is 0. The average Bonchev–Trinajstić information content (AvgIpc) is 3.30. The van der Waals surface area contributed by atoms with Gasteiger partial charge in [-0.3, -0.25) is 4.79 Å². The van der Waals surface area contributed by atoms with Crippen molar-refractivity contribution >= 4 is 5.91 Å². The van der Waals surface area contributed by atoms with Crippen molar-refractivity contribution in [3.8, 4) is 0 Å². The van der Waals surface area contributed by atoms with Gasteiger partial charge in [-0.05, 0) is 36.5 Å². The number of benzene rings is 1. The summed E-state index contributed by atoms with van der Waals surface area (Å²) < 4.78 is 18.4. The molecular weight excluding hydrogens is 321 g/mol. The molecule has 2 unspecified atom stereocenters. The molecule has 4 rings (SSSR count). The Morgan fingerprint density at radius 2 is 2.20 bits per heavy atom. The molecule has 1 aliphatic heterocycles. The molecule has 1 saturated carbocycles. The van der Waals surface area contributed by atoms with Gasteiger partial charge in [-0.2, -0.15) is 4.98 Å². The summed E-state index contributed by atoms with van der Waals surface area (Å²) in [5.41, 5.74) is 0.681. The van der Waals surface area contributed by atoms with Crippen molar-refractivity contribution in [3.63, 3.8) is 0 Å². The number of nitrogens with zero attached hydrogens (tertiary/aromatic N) is 3. The van der Waals surface area contributed by atoms with Crippen LogP contribution in [-0.4, -0.2) is 34.0 Å². The molecule has 0 spiro atoms. The minimum atomic E-state index is -0.283. The van der Waals surface area contributed by atoms with Gasteiger partial charge in [0, 0.05) is 19.5 Å². The van der Waals surface area contributed by atoms with Crippen molar-refractivity contribution in [2.24, 2.45) is 5.92 Å². The minimum Gasteiger partial charge on any atom is -0.341 e. The summed E-state index contributed by atoms with van der Waals surface area (Å²) in [7, 11) is 0. The molecule has 1 aromatic carbocycles. The van der Waals surface area contributed by atoms with Crippen LogP contribution in [0, 0.1) is 11.7 Å². The van der Waals surface area contributed by atoms with Gasteiger partial charge in [0.15, 0.2) is 5.82 Å². The summed E-state index contributed by atoms with van der Waals surface area (Å²) in [6.07, 6.45) is 4.26. The van der Waals surface area contributed by atoms with Gasteiger partial charge < -0.3 is 9.42 Å². The summed E-state index contributed by atoms with van der Waals surface area (Å²) in [4.78, 5) is 19.2. The van der Waals surface area contributed by atoms with Crippen molar-refractivity contribution in [1.29, 1.82) is 0 Å². The fraction of sp³-hybridized carbons (Fsp3) is 0.526. The van der Waals surface area contributed by atoms with Crippen LogP contribution in [0.4, 0.5) is 4.39 Å². The molecule has 2 aliphatic rings. The molecule has 6 heteroatoms. The third kappa shape index (κ3) is 2.83. The van der Waals surface area contributed by atoms with Gasteiger partial charge in [0.05, 0.1) is 11.8 Å².